The number of nitrogens with one attached hydrogen (secondary N) is 1. The first-order valence-corrected chi connectivity index (χ1v) is 6.33. The quantitative estimate of drug-likeness (QED) is 0.648. The Bertz CT molecular complexity index is 520. The molecule has 17 heavy (non-hydrogen) atoms. The fourth-order valence-corrected chi connectivity index (χ4v) is 2.48. The SMILES string of the molecule is CC(C)(NS(=O)(=O)c1ccc(N)cc1)C(N)=O. The molecular formula is C10H15N3O3S. The molecule has 0 saturated carbocycles. The van der Waals surface area contributed by atoms with Crippen molar-refractivity contribution in [3.05, 3.63) is 24.3 Å². The van der Waals surface area contributed by atoms with E-state index in [1.807, 2.05) is 0 Å². The first kappa shape index (κ1) is 13.5. The molecule has 1 amide bonds. The van der Waals surface area contributed by atoms with Crippen molar-refractivity contribution in [2.75, 3.05) is 5.73 Å². The molecule has 5 N–H and O–H groups in total. The second-order valence-electron chi connectivity index (χ2n) is 4.16. The van der Waals surface area contributed by atoms with Crippen molar-refractivity contribution in [2.45, 2.75) is 24.3 Å². The summed E-state index contributed by atoms with van der Waals surface area (Å²) in [6.45, 7) is 2.79. The van der Waals surface area contributed by atoms with Crippen molar-refractivity contribution < 1.29 is 13.2 Å². The molecular weight excluding hydrogens is 242 g/mol. The van der Waals surface area contributed by atoms with E-state index < -0.39 is 21.5 Å². The third-order valence-electron chi connectivity index (χ3n) is 2.20. The molecule has 0 aromatic heterocycles. The van der Waals surface area contributed by atoms with Crippen molar-refractivity contribution >= 4 is 21.6 Å². The Kier molecular flexibility index (Phi) is 3.44. The molecule has 7 heteroatoms. The van der Waals surface area contributed by atoms with Gasteiger partial charge in [-0.2, -0.15) is 4.72 Å². The Morgan fingerprint density at radius 3 is 2.12 bits per heavy atom. The van der Waals surface area contributed by atoms with Gasteiger partial charge in [0.05, 0.1) is 4.90 Å². The van der Waals surface area contributed by atoms with Gasteiger partial charge >= 0.3 is 0 Å². The number of hydrogen-bond acceptors (Lipinski definition) is 4. The molecule has 0 spiro atoms. The Morgan fingerprint density at radius 1 is 1.24 bits per heavy atom. The van der Waals surface area contributed by atoms with Gasteiger partial charge in [0.15, 0.2) is 0 Å². The van der Waals surface area contributed by atoms with Gasteiger partial charge in [0, 0.05) is 5.69 Å². The zero-order chi connectivity index (χ0) is 13.3. The molecule has 0 radical (unpaired) electrons. The second kappa shape index (κ2) is 4.34. The summed E-state index contributed by atoms with van der Waals surface area (Å²) < 4.78 is 26.0. The van der Waals surface area contributed by atoms with Gasteiger partial charge in [-0.25, -0.2) is 8.42 Å². The Hall–Kier alpha value is -1.60. The maximum absolute atomic E-state index is 11.9. The van der Waals surface area contributed by atoms with Gasteiger partial charge in [0.25, 0.3) is 0 Å². The standard InChI is InChI=1S/C10H15N3O3S/c1-10(2,9(12)14)13-17(15,16)8-5-3-7(11)4-6-8/h3-6,13H,11H2,1-2H3,(H2,12,14). The lowest BCUT2D eigenvalue weighted by Crippen LogP contribution is -2.52. The Balaban J connectivity index is 3.05. The predicted molar refractivity (Wildman–Crippen MR) is 64.4 cm³/mol. The minimum atomic E-state index is -3.79. The van der Waals surface area contributed by atoms with E-state index in [1.165, 1.54) is 38.1 Å². The van der Waals surface area contributed by atoms with Gasteiger partial charge in [-0.15, -0.1) is 0 Å². The van der Waals surface area contributed by atoms with E-state index in [0.717, 1.165) is 0 Å². The number of nitrogen functional groups attached to an aromatic ring is 1. The number of carbonyl (C=O) groups is 1. The number of amides is 1. The molecule has 0 aliphatic heterocycles. The van der Waals surface area contributed by atoms with Crippen LogP contribution in [0.15, 0.2) is 29.2 Å². The number of nitrogens with two attached hydrogens (primary N) is 2. The molecule has 0 heterocycles. The van der Waals surface area contributed by atoms with E-state index >= 15 is 0 Å². The van der Waals surface area contributed by atoms with Gasteiger partial charge in [-0.1, -0.05) is 0 Å². The maximum atomic E-state index is 11.9. The van der Waals surface area contributed by atoms with Crippen LogP contribution in [0.5, 0.6) is 0 Å². The number of primary amides is 1. The van der Waals surface area contributed by atoms with E-state index in [0.29, 0.717) is 5.69 Å². The predicted octanol–water partition coefficient (Wildman–Crippen LogP) is -0.189. The zero-order valence-corrected chi connectivity index (χ0v) is 10.4. The maximum Gasteiger partial charge on any atom is 0.241 e. The van der Waals surface area contributed by atoms with Crippen LogP contribution in [-0.2, 0) is 14.8 Å². The van der Waals surface area contributed by atoms with Crippen molar-refractivity contribution in [3.8, 4) is 0 Å². The van der Waals surface area contributed by atoms with Crippen LogP contribution in [0.25, 0.3) is 0 Å². The Morgan fingerprint density at radius 2 is 1.71 bits per heavy atom. The summed E-state index contributed by atoms with van der Waals surface area (Å²) in [5.41, 5.74) is 9.66. The number of carbonyl (C=O) groups excluding carboxylic acids is 1. The van der Waals surface area contributed by atoms with Crippen LogP contribution in [0.2, 0.25) is 0 Å². The van der Waals surface area contributed by atoms with Crippen LogP contribution in [-0.4, -0.2) is 19.9 Å². The minimum Gasteiger partial charge on any atom is -0.399 e. The highest BCUT2D eigenvalue weighted by Crippen LogP contribution is 2.14. The van der Waals surface area contributed by atoms with Crippen LogP contribution in [0, 0.1) is 0 Å². The lowest BCUT2D eigenvalue weighted by molar-refractivity contribution is -0.122. The normalized spacial score (nSPS) is 12.4. The lowest BCUT2D eigenvalue weighted by atomic mass is 10.1. The fraction of sp³-hybridized carbons (Fsp3) is 0.300. The Labute approximate surface area is 100 Å². The zero-order valence-electron chi connectivity index (χ0n) is 9.60. The minimum absolute atomic E-state index is 0.0287. The molecule has 0 aliphatic carbocycles. The molecule has 0 atom stereocenters. The van der Waals surface area contributed by atoms with E-state index in [2.05, 4.69) is 4.72 Å². The first-order valence-electron chi connectivity index (χ1n) is 4.84. The third-order valence-corrected chi connectivity index (χ3v) is 3.87. The van der Waals surface area contributed by atoms with Crippen molar-refractivity contribution in [3.63, 3.8) is 0 Å². The third kappa shape index (κ3) is 3.18. The van der Waals surface area contributed by atoms with Gasteiger partial charge in [0.2, 0.25) is 15.9 Å². The highest BCUT2D eigenvalue weighted by atomic mass is 32.2. The molecule has 0 saturated heterocycles. The smallest absolute Gasteiger partial charge is 0.241 e. The number of sulfonamides is 1. The van der Waals surface area contributed by atoms with Gasteiger partial charge in [-0.05, 0) is 38.1 Å². The molecule has 0 unspecified atom stereocenters. The second-order valence-corrected chi connectivity index (χ2v) is 5.85. The number of rotatable bonds is 4. The van der Waals surface area contributed by atoms with Gasteiger partial charge in [0.1, 0.15) is 5.54 Å². The van der Waals surface area contributed by atoms with E-state index in [-0.39, 0.29) is 4.90 Å². The van der Waals surface area contributed by atoms with Crippen LogP contribution >= 0.6 is 0 Å². The highest BCUT2D eigenvalue weighted by molar-refractivity contribution is 7.89. The van der Waals surface area contributed by atoms with E-state index in [4.69, 9.17) is 11.5 Å². The molecule has 0 aliphatic rings. The molecule has 0 fully saturated rings. The summed E-state index contributed by atoms with van der Waals surface area (Å²) in [5.74, 6) is -0.753. The average molecular weight is 257 g/mol. The molecule has 6 nitrogen and oxygen atoms in total. The average Bonchev–Trinajstić information content (AvgIpc) is 2.16. The van der Waals surface area contributed by atoms with E-state index in [1.54, 1.807) is 0 Å². The largest absolute Gasteiger partial charge is 0.399 e. The number of hydrogen-bond donors (Lipinski definition) is 3. The molecule has 1 aromatic carbocycles. The van der Waals surface area contributed by atoms with Crippen LogP contribution in [0.3, 0.4) is 0 Å². The summed E-state index contributed by atoms with van der Waals surface area (Å²) >= 11 is 0. The van der Waals surface area contributed by atoms with Crippen LogP contribution in [0.4, 0.5) is 5.69 Å². The summed E-state index contributed by atoms with van der Waals surface area (Å²) in [6.07, 6.45) is 0. The van der Waals surface area contributed by atoms with Gasteiger partial charge < -0.3 is 11.5 Å². The number of anilines is 1. The van der Waals surface area contributed by atoms with Gasteiger partial charge in [-0.3, -0.25) is 4.79 Å². The summed E-state index contributed by atoms with van der Waals surface area (Å²) in [6, 6.07) is 5.64. The van der Waals surface area contributed by atoms with Crippen LogP contribution < -0.4 is 16.2 Å². The monoisotopic (exact) mass is 257 g/mol. The molecule has 1 rings (SSSR count). The molecule has 1 aromatic rings. The molecule has 94 valence electrons. The van der Waals surface area contributed by atoms with Crippen LogP contribution in [0.1, 0.15) is 13.8 Å². The lowest BCUT2D eigenvalue weighted by Gasteiger charge is -2.21. The van der Waals surface area contributed by atoms with E-state index in [9.17, 15) is 13.2 Å². The first-order chi connectivity index (χ1) is 7.65. The van der Waals surface area contributed by atoms with Crippen molar-refractivity contribution in [1.82, 2.24) is 4.72 Å². The van der Waals surface area contributed by atoms with Crippen molar-refractivity contribution in [2.24, 2.45) is 5.73 Å². The highest BCUT2D eigenvalue weighted by Gasteiger charge is 2.31. The topological polar surface area (TPSA) is 115 Å². The molecule has 0 bridgehead atoms. The van der Waals surface area contributed by atoms with Crippen molar-refractivity contribution in [1.29, 1.82) is 0 Å². The fourth-order valence-electron chi connectivity index (χ4n) is 1.09. The summed E-state index contributed by atoms with van der Waals surface area (Å²) in [7, 11) is -3.79. The summed E-state index contributed by atoms with van der Waals surface area (Å²) in [4.78, 5) is 11.1. The number of benzene rings is 1. The summed E-state index contributed by atoms with van der Waals surface area (Å²) in [5, 5.41) is 0.